The van der Waals surface area contributed by atoms with Crippen molar-refractivity contribution in [2.45, 2.75) is 0 Å². The molecule has 0 saturated heterocycles. The van der Waals surface area contributed by atoms with Crippen molar-refractivity contribution in [3.05, 3.63) is 48.8 Å². The lowest BCUT2D eigenvalue weighted by molar-refractivity contribution is -0.121. The molecule has 0 fully saturated rings. The first-order valence-corrected chi connectivity index (χ1v) is 9.33. The lowest BCUT2D eigenvalue weighted by Crippen LogP contribution is -2.19. The summed E-state index contributed by atoms with van der Waals surface area (Å²) in [4.78, 5) is 28.2. The highest BCUT2D eigenvalue weighted by Crippen LogP contribution is 2.25. The molecular weight excluding hydrogens is 388 g/mol. The van der Waals surface area contributed by atoms with E-state index in [1.807, 2.05) is 28.7 Å². The van der Waals surface area contributed by atoms with Crippen LogP contribution in [0.4, 0.5) is 11.4 Å². The summed E-state index contributed by atoms with van der Waals surface area (Å²) in [5.74, 6) is -0.486. The molecule has 158 valence electrons. The third-order valence-corrected chi connectivity index (χ3v) is 4.17. The quantitative estimate of drug-likeness (QED) is 0.495. The Morgan fingerprint density at radius 1 is 0.967 bits per heavy atom. The largest absolute Gasteiger partial charge is 0.382 e. The van der Waals surface area contributed by atoms with Crippen LogP contribution in [0.2, 0.25) is 0 Å². The van der Waals surface area contributed by atoms with Crippen molar-refractivity contribution < 1.29 is 23.8 Å². The zero-order valence-electron chi connectivity index (χ0n) is 16.9. The Labute approximate surface area is 174 Å². The van der Waals surface area contributed by atoms with Gasteiger partial charge in [-0.05, 0) is 24.3 Å². The number of imidazole rings is 1. The second-order valence-corrected chi connectivity index (χ2v) is 6.44. The van der Waals surface area contributed by atoms with Gasteiger partial charge in [0, 0.05) is 31.7 Å². The van der Waals surface area contributed by atoms with Crippen LogP contribution < -0.4 is 10.6 Å². The van der Waals surface area contributed by atoms with E-state index in [4.69, 9.17) is 14.2 Å². The molecule has 3 aromatic rings. The second-order valence-electron chi connectivity index (χ2n) is 6.44. The zero-order chi connectivity index (χ0) is 21.3. The van der Waals surface area contributed by atoms with Crippen LogP contribution in [0.3, 0.4) is 0 Å². The van der Waals surface area contributed by atoms with Gasteiger partial charge in [0.05, 0.1) is 30.8 Å². The van der Waals surface area contributed by atoms with Gasteiger partial charge < -0.3 is 24.8 Å². The van der Waals surface area contributed by atoms with Crippen LogP contribution >= 0.6 is 0 Å². The van der Waals surface area contributed by atoms with Crippen molar-refractivity contribution in [2.75, 3.05) is 51.3 Å². The Balaban J connectivity index is 1.76. The molecule has 2 heterocycles. The molecule has 0 aliphatic rings. The van der Waals surface area contributed by atoms with Gasteiger partial charge >= 0.3 is 0 Å². The molecule has 0 aliphatic carbocycles. The summed E-state index contributed by atoms with van der Waals surface area (Å²) in [5, 5.41) is 5.59. The maximum Gasteiger partial charge on any atom is 0.250 e. The third kappa shape index (κ3) is 5.63. The molecule has 0 unspecified atom stereocenters. The summed E-state index contributed by atoms with van der Waals surface area (Å²) in [6, 6.07) is 11.0. The van der Waals surface area contributed by atoms with Gasteiger partial charge in [0.15, 0.2) is 0 Å². The number of hydrogen-bond acceptors (Lipinski definition) is 6. The van der Waals surface area contributed by atoms with E-state index in [1.165, 1.54) is 7.11 Å². The number of benzene rings is 1. The van der Waals surface area contributed by atoms with Gasteiger partial charge in [-0.3, -0.25) is 14.0 Å². The third-order valence-electron chi connectivity index (χ3n) is 4.17. The van der Waals surface area contributed by atoms with E-state index in [9.17, 15) is 9.59 Å². The predicted molar refractivity (Wildman–Crippen MR) is 112 cm³/mol. The van der Waals surface area contributed by atoms with Crippen molar-refractivity contribution >= 4 is 28.8 Å². The van der Waals surface area contributed by atoms with E-state index in [0.29, 0.717) is 24.6 Å². The first kappa shape index (κ1) is 21.4. The smallest absolute Gasteiger partial charge is 0.250 e. The van der Waals surface area contributed by atoms with Gasteiger partial charge in [0.2, 0.25) is 11.8 Å². The van der Waals surface area contributed by atoms with Crippen molar-refractivity contribution in [1.82, 2.24) is 9.38 Å². The van der Waals surface area contributed by atoms with E-state index in [0.717, 1.165) is 16.9 Å². The topological polar surface area (TPSA) is 103 Å². The molecule has 0 saturated carbocycles. The summed E-state index contributed by atoms with van der Waals surface area (Å²) in [7, 11) is 3.04. The number of pyridine rings is 1. The number of hydrogen-bond donors (Lipinski definition) is 2. The van der Waals surface area contributed by atoms with Crippen LogP contribution in [0.25, 0.3) is 16.9 Å². The number of amides is 2. The molecule has 2 aromatic heterocycles. The van der Waals surface area contributed by atoms with E-state index in [2.05, 4.69) is 15.6 Å². The second kappa shape index (κ2) is 10.5. The zero-order valence-corrected chi connectivity index (χ0v) is 16.9. The predicted octanol–water partition coefficient (Wildman–Crippen LogP) is 2.19. The number of aromatic nitrogens is 2. The Morgan fingerprint density at radius 3 is 2.57 bits per heavy atom. The van der Waals surface area contributed by atoms with Gasteiger partial charge in [-0.2, -0.15) is 0 Å². The molecule has 2 amide bonds. The average Bonchev–Trinajstić information content (AvgIpc) is 3.15. The van der Waals surface area contributed by atoms with Gasteiger partial charge in [0.1, 0.15) is 18.9 Å². The van der Waals surface area contributed by atoms with Gasteiger partial charge in [-0.15, -0.1) is 0 Å². The van der Waals surface area contributed by atoms with Crippen molar-refractivity contribution in [3.8, 4) is 11.3 Å². The minimum Gasteiger partial charge on any atom is -0.382 e. The van der Waals surface area contributed by atoms with Gasteiger partial charge in [-0.1, -0.05) is 12.1 Å². The maximum absolute atomic E-state index is 12.0. The molecule has 0 radical (unpaired) electrons. The first-order chi connectivity index (χ1) is 14.6. The fourth-order valence-electron chi connectivity index (χ4n) is 2.86. The van der Waals surface area contributed by atoms with Gasteiger partial charge in [-0.25, -0.2) is 4.98 Å². The van der Waals surface area contributed by atoms with Gasteiger partial charge in [0.25, 0.3) is 0 Å². The SMILES string of the molecule is COCCOCC(=O)Nc1cccc(-c2cnc3ccc(NC(=O)COC)cn23)c1. The summed E-state index contributed by atoms with van der Waals surface area (Å²) in [6.45, 7) is 0.722. The van der Waals surface area contributed by atoms with Crippen LogP contribution in [0, 0.1) is 0 Å². The van der Waals surface area contributed by atoms with Crippen molar-refractivity contribution in [1.29, 1.82) is 0 Å². The molecule has 2 N–H and O–H groups in total. The number of carbonyl (C=O) groups excluding carboxylic acids is 2. The normalized spacial score (nSPS) is 10.9. The minimum atomic E-state index is -0.246. The molecule has 9 nitrogen and oxygen atoms in total. The Hall–Kier alpha value is -3.27. The number of rotatable bonds is 10. The standard InChI is InChI=1S/C21H24N4O5/c1-28-8-9-30-14-21(27)23-16-5-3-4-15(10-16)18-11-22-19-7-6-17(12-25(18)19)24-20(26)13-29-2/h3-7,10-12H,8-9,13-14H2,1-2H3,(H,23,27)(H,24,26). The number of carbonyl (C=O) groups is 2. The summed E-state index contributed by atoms with van der Waals surface area (Å²) in [6.07, 6.45) is 3.53. The van der Waals surface area contributed by atoms with E-state index in [-0.39, 0.29) is 25.0 Å². The van der Waals surface area contributed by atoms with Crippen LogP contribution in [-0.4, -0.2) is 61.8 Å². The lowest BCUT2D eigenvalue weighted by atomic mass is 10.1. The van der Waals surface area contributed by atoms with Crippen LogP contribution in [0.1, 0.15) is 0 Å². The maximum atomic E-state index is 12.0. The lowest BCUT2D eigenvalue weighted by Gasteiger charge is -2.09. The van der Waals surface area contributed by atoms with E-state index >= 15 is 0 Å². The van der Waals surface area contributed by atoms with Crippen LogP contribution in [-0.2, 0) is 23.8 Å². The molecule has 30 heavy (non-hydrogen) atoms. The Kier molecular flexibility index (Phi) is 7.50. The molecular formula is C21H24N4O5. The molecule has 1 aromatic carbocycles. The number of fused-ring (bicyclic) bond motifs is 1. The Bertz CT molecular complexity index is 1020. The summed E-state index contributed by atoms with van der Waals surface area (Å²) in [5.41, 5.74) is 3.69. The summed E-state index contributed by atoms with van der Waals surface area (Å²) >= 11 is 0. The number of nitrogens with one attached hydrogen (secondary N) is 2. The highest BCUT2D eigenvalue weighted by atomic mass is 16.5. The minimum absolute atomic E-state index is 0.0221. The highest BCUT2D eigenvalue weighted by Gasteiger charge is 2.10. The number of methoxy groups -OCH3 is 2. The summed E-state index contributed by atoms with van der Waals surface area (Å²) < 4.78 is 16.8. The number of nitrogens with zero attached hydrogens (tertiary/aromatic N) is 2. The van der Waals surface area contributed by atoms with Crippen LogP contribution in [0.5, 0.6) is 0 Å². The molecule has 9 heteroatoms. The molecule has 0 spiro atoms. The highest BCUT2D eigenvalue weighted by molar-refractivity contribution is 5.93. The average molecular weight is 412 g/mol. The van der Waals surface area contributed by atoms with Crippen molar-refractivity contribution in [2.24, 2.45) is 0 Å². The fourth-order valence-corrected chi connectivity index (χ4v) is 2.86. The first-order valence-electron chi connectivity index (χ1n) is 9.33. The Morgan fingerprint density at radius 2 is 1.77 bits per heavy atom. The van der Waals surface area contributed by atoms with Crippen LogP contribution in [0.15, 0.2) is 48.8 Å². The molecule has 0 bridgehead atoms. The number of ether oxygens (including phenoxy) is 3. The monoisotopic (exact) mass is 412 g/mol. The fraction of sp³-hybridized carbons (Fsp3) is 0.286. The van der Waals surface area contributed by atoms with Crippen molar-refractivity contribution in [3.63, 3.8) is 0 Å². The molecule has 0 atom stereocenters. The molecule has 0 aliphatic heterocycles. The molecule has 3 rings (SSSR count). The number of anilines is 2. The van der Waals surface area contributed by atoms with E-state index < -0.39 is 0 Å². The van der Waals surface area contributed by atoms with E-state index in [1.54, 1.807) is 31.6 Å².